The third-order valence-corrected chi connectivity index (χ3v) is 2.41. The predicted molar refractivity (Wildman–Crippen MR) is 53.7 cm³/mol. The maximum Gasteiger partial charge on any atom is 0.243 e. The second-order valence-corrected chi connectivity index (χ2v) is 4.58. The maximum atomic E-state index is 11.7. The Morgan fingerprint density at radius 2 is 2.00 bits per heavy atom. The fourth-order valence-electron chi connectivity index (χ4n) is 1.87. The fraction of sp³-hybridized carbons (Fsp3) is 0.800. The normalized spacial score (nSPS) is 23.7. The van der Waals surface area contributed by atoms with Gasteiger partial charge in [0.2, 0.25) is 11.8 Å². The lowest BCUT2D eigenvalue weighted by Gasteiger charge is -2.43. The Labute approximate surface area is 84.7 Å². The monoisotopic (exact) mass is 198 g/mol. The zero-order chi connectivity index (χ0) is 10.9. The molecule has 0 saturated carbocycles. The summed E-state index contributed by atoms with van der Waals surface area (Å²) in [6.07, 6.45) is 0.662. The van der Waals surface area contributed by atoms with Crippen LogP contribution in [0, 0.1) is 0 Å². The number of hydrogen-bond acceptors (Lipinski definition) is 2. The molecule has 1 rings (SSSR count). The van der Waals surface area contributed by atoms with Crippen molar-refractivity contribution in [2.45, 2.75) is 45.7 Å². The van der Waals surface area contributed by atoms with E-state index in [1.807, 2.05) is 27.7 Å². The second-order valence-electron chi connectivity index (χ2n) is 4.58. The molecule has 2 amide bonds. The van der Waals surface area contributed by atoms with Gasteiger partial charge < -0.3 is 10.2 Å². The number of piperazine rings is 1. The van der Waals surface area contributed by atoms with E-state index in [9.17, 15) is 9.59 Å². The molecule has 1 atom stereocenters. The van der Waals surface area contributed by atoms with Crippen molar-refractivity contribution in [3.8, 4) is 0 Å². The summed E-state index contributed by atoms with van der Waals surface area (Å²) in [6.45, 7) is 7.90. The summed E-state index contributed by atoms with van der Waals surface area (Å²) in [5.41, 5.74) is -0.282. The Morgan fingerprint density at radius 1 is 1.43 bits per heavy atom. The highest BCUT2D eigenvalue weighted by Crippen LogP contribution is 2.21. The molecule has 1 unspecified atom stereocenters. The molecule has 0 aromatic rings. The van der Waals surface area contributed by atoms with E-state index in [0.29, 0.717) is 6.42 Å². The van der Waals surface area contributed by atoms with E-state index in [0.717, 1.165) is 0 Å². The molecule has 4 nitrogen and oxygen atoms in total. The van der Waals surface area contributed by atoms with Gasteiger partial charge in [-0.1, -0.05) is 6.92 Å². The highest BCUT2D eigenvalue weighted by molar-refractivity contribution is 5.95. The Bertz CT molecular complexity index is 255. The van der Waals surface area contributed by atoms with Gasteiger partial charge in [-0.05, 0) is 27.2 Å². The lowest BCUT2D eigenvalue weighted by atomic mass is 9.99. The Kier molecular flexibility index (Phi) is 2.83. The predicted octanol–water partition coefficient (Wildman–Crippen LogP) is 0.522. The molecule has 0 radical (unpaired) electrons. The molecule has 0 aromatic heterocycles. The molecular weight excluding hydrogens is 180 g/mol. The van der Waals surface area contributed by atoms with Crippen LogP contribution in [0.25, 0.3) is 0 Å². The molecule has 14 heavy (non-hydrogen) atoms. The van der Waals surface area contributed by atoms with E-state index in [-0.39, 0.29) is 29.9 Å². The van der Waals surface area contributed by atoms with Gasteiger partial charge in [0.25, 0.3) is 0 Å². The van der Waals surface area contributed by atoms with Crippen molar-refractivity contribution in [3.63, 3.8) is 0 Å². The first kappa shape index (κ1) is 11.0. The average molecular weight is 198 g/mol. The zero-order valence-corrected chi connectivity index (χ0v) is 9.26. The van der Waals surface area contributed by atoms with Crippen molar-refractivity contribution < 1.29 is 9.59 Å². The second kappa shape index (κ2) is 3.59. The first-order chi connectivity index (χ1) is 6.38. The molecule has 0 aliphatic carbocycles. The molecule has 1 aliphatic rings. The molecule has 1 aliphatic heterocycles. The Balaban J connectivity index is 2.96. The Morgan fingerprint density at radius 3 is 2.36 bits per heavy atom. The van der Waals surface area contributed by atoms with Crippen molar-refractivity contribution in [2.24, 2.45) is 0 Å². The van der Waals surface area contributed by atoms with Gasteiger partial charge >= 0.3 is 0 Å². The highest BCUT2D eigenvalue weighted by atomic mass is 16.2. The largest absolute Gasteiger partial charge is 0.345 e. The van der Waals surface area contributed by atoms with Crippen LogP contribution in [-0.4, -0.2) is 34.8 Å². The molecule has 0 aromatic carbocycles. The summed E-state index contributed by atoms with van der Waals surface area (Å²) in [7, 11) is 0. The van der Waals surface area contributed by atoms with Crippen molar-refractivity contribution in [1.29, 1.82) is 0 Å². The smallest absolute Gasteiger partial charge is 0.243 e. The van der Waals surface area contributed by atoms with E-state index >= 15 is 0 Å². The van der Waals surface area contributed by atoms with E-state index in [1.54, 1.807) is 4.90 Å². The van der Waals surface area contributed by atoms with Crippen LogP contribution in [0.1, 0.15) is 34.1 Å². The van der Waals surface area contributed by atoms with E-state index in [1.165, 1.54) is 0 Å². The van der Waals surface area contributed by atoms with Crippen LogP contribution in [0.15, 0.2) is 0 Å². The summed E-state index contributed by atoms with van der Waals surface area (Å²) in [5, 5.41) is 2.60. The van der Waals surface area contributed by atoms with E-state index < -0.39 is 0 Å². The summed E-state index contributed by atoms with van der Waals surface area (Å²) < 4.78 is 0. The van der Waals surface area contributed by atoms with Gasteiger partial charge in [-0.25, -0.2) is 0 Å². The number of carbonyl (C=O) groups is 2. The topological polar surface area (TPSA) is 49.4 Å². The van der Waals surface area contributed by atoms with E-state index in [2.05, 4.69) is 5.32 Å². The van der Waals surface area contributed by atoms with Crippen LogP contribution >= 0.6 is 0 Å². The van der Waals surface area contributed by atoms with E-state index in [4.69, 9.17) is 0 Å². The minimum Gasteiger partial charge on any atom is -0.345 e. The number of nitrogens with one attached hydrogen (secondary N) is 1. The minimum atomic E-state index is -0.309. The third-order valence-electron chi connectivity index (χ3n) is 2.41. The van der Waals surface area contributed by atoms with Gasteiger partial charge in [-0.2, -0.15) is 0 Å². The van der Waals surface area contributed by atoms with Crippen LogP contribution in [0.2, 0.25) is 0 Å². The number of amides is 2. The lowest BCUT2D eigenvalue weighted by molar-refractivity contribution is -0.151. The first-order valence-corrected chi connectivity index (χ1v) is 4.97. The third kappa shape index (κ3) is 1.89. The lowest BCUT2D eigenvalue weighted by Crippen LogP contribution is -2.63. The first-order valence-electron chi connectivity index (χ1n) is 4.97. The molecule has 0 spiro atoms. The molecular formula is C10H18N2O2. The molecule has 1 N–H and O–H groups in total. The van der Waals surface area contributed by atoms with Gasteiger partial charge in [0.05, 0.1) is 6.54 Å². The van der Waals surface area contributed by atoms with Gasteiger partial charge in [0.15, 0.2) is 0 Å². The molecule has 1 heterocycles. The molecule has 0 bridgehead atoms. The van der Waals surface area contributed by atoms with Crippen molar-refractivity contribution in [1.82, 2.24) is 10.2 Å². The summed E-state index contributed by atoms with van der Waals surface area (Å²) in [5.74, 6) is -0.0361. The SMILES string of the molecule is CCC1C(=O)NCC(=O)N1C(C)(C)C. The van der Waals surface area contributed by atoms with Crippen LogP contribution in [-0.2, 0) is 9.59 Å². The average Bonchev–Trinajstić information content (AvgIpc) is 2.06. The number of rotatable bonds is 1. The number of carbonyl (C=O) groups excluding carboxylic acids is 2. The molecule has 1 fully saturated rings. The highest BCUT2D eigenvalue weighted by Gasteiger charge is 2.39. The van der Waals surface area contributed by atoms with Crippen LogP contribution in [0.4, 0.5) is 0 Å². The van der Waals surface area contributed by atoms with Crippen molar-refractivity contribution in [2.75, 3.05) is 6.54 Å². The summed E-state index contributed by atoms with van der Waals surface area (Å²) in [6, 6.07) is -0.309. The van der Waals surface area contributed by atoms with Crippen molar-refractivity contribution in [3.05, 3.63) is 0 Å². The zero-order valence-electron chi connectivity index (χ0n) is 9.26. The maximum absolute atomic E-state index is 11.7. The summed E-state index contributed by atoms with van der Waals surface area (Å²) in [4.78, 5) is 24.9. The van der Waals surface area contributed by atoms with Gasteiger partial charge in [0.1, 0.15) is 6.04 Å². The van der Waals surface area contributed by atoms with Gasteiger partial charge in [-0.15, -0.1) is 0 Å². The van der Waals surface area contributed by atoms with Gasteiger partial charge in [-0.3, -0.25) is 9.59 Å². The van der Waals surface area contributed by atoms with Crippen molar-refractivity contribution >= 4 is 11.8 Å². The van der Waals surface area contributed by atoms with Gasteiger partial charge in [0, 0.05) is 5.54 Å². The molecule has 1 saturated heterocycles. The molecule has 80 valence electrons. The number of hydrogen-bond donors (Lipinski definition) is 1. The quantitative estimate of drug-likeness (QED) is 0.668. The number of nitrogens with zero attached hydrogens (tertiary/aromatic N) is 1. The van der Waals surface area contributed by atoms with Crippen LogP contribution in [0.5, 0.6) is 0 Å². The minimum absolute atomic E-state index is 0.00366. The standard InChI is InChI=1S/C10H18N2O2/c1-5-7-9(14)11-6-8(13)12(7)10(2,3)4/h7H,5-6H2,1-4H3,(H,11,14). The molecule has 4 heteroatoms. The Hall–Kier alpha value is -1.06. The fourth-order valence-corrected chi connectivity index (χ4v) is 1.87. The van der Waals surface area contributed by atoms with Crippen LogP contribution in [0.3, 0.4) is 0 Å². The summed E-state index contributed by atoms with van der Waals surface area (Å²) >= 11 is 0. The van der Waals surface area contributed by atoms with Crippen LogP contribution < -0.4 is 5.32 Å².